The average Bonchev–Trinajstić information content (AvgIpc) is 3.87. The molecule has 0 aromatic heterocycles. The second-order valence-corrected chi connectivity index (χ2v) is 24.1. The fraction of sp³-hybridized carbons (Fsp3) is 0.661. The van der Waals surface area contributed by atoms with Gasteiger partial charge in [0.15, 0.2) is 23.0 Å². The fourth-order valence-corrected chi connectivity index (χ4v) is 17.0. The van der Waals surface area contributed by atoms with Crippen LogP contribution in [0, 0.1) is 69.0 Å². The van der Waals surface area contributed by atoms with Crippen LogP contribution in [-0.2, 0) is 0 Å². The topological polar surface area (TPSA) is 149 Å². The van der Waals surface area contributed by atoms with Crippen molar-refractivity contribution in [1.82, 2.24) is 0 Å². The lowest BCUT2D eigenvalue weighted by atomic mass is 9.45. The number of aliphatic hydroxyl groups is 2. The molecule has 10 rings (SSSR count). The van der Waals surface area contributed by atoms with Crippen molar-refractivity contribution in [1.29, 1.82) is 0 Å². The van der Waals surface area contributed by atoms with Gasteiger partial charge in [0.2, 0.25) is 0 Å². The summed E-state index contributed by atoms with van der Waals surface area (Å²) in [5.74, 6) is 6.26. The van der Waals surface area contributed by atoms with E-state index < -0.39 is 0 Å². The van der Waals surface area contributed by atoms with Gasteiger partial charge >= 0.3 is 0 Å². The van der Waals surface area contributed by atoms with Crippen LogP contribution in [0.2, 0.25) is 0 Å². The van der Waals surface area contributed by atoms with E-state index in [-0.39, 0.29) is 34.5 Å². The number of phenolic OH excluding ortho intramolecular Hbond substituents is 2. The van der Waals surface area contributed by atoms with E-state index in [9.17, 15) is 20.4 Å². The SMILES string of the molecule is COc1cc(/C=C/C(CC(/C=C/c2ccc(O)c(OC)c2)=N/N=C2/CC[C@H]3[C@@H]4CCC5C[C@@H](O)CC[C@]5(C)[C@H]4CC[C@]23C)=N\N=C2\CC[C@H]3[C@@H]4CCC5C[C@@H](O)CC[C@]5(C)[C@H]4CC[C@]23C)ccc1O. The minimum absolute atomic E-state index is 0.00425. The fourth-order valence-electron chi connectivity index (χ4n) is 17.0. The molecule has 0 heterocycles. The molecule has 4 N–H and O–H groups in total. The Morgan fingerprint density at radius 3 is 1.42 bits per heavy atom. The summed E-state index contributed by atoms with van der Waals surface area (Å²) in [4.78, 5) is 0. The van der Waals surface area contributed by atoms with E-state index in [4.69, 9.17) is 29.9 Å². The van der Waals surface area contributed by atoms with Gasteiger partial charge in [0.1, 0.15) is 0 Å². The van der Waals surface area contributed by atoms with Gasteiger partial charge in [-0.1, -0.05) is 52.0 Å². The first-order valence-electron chi connectivity index (χ1n) is 26.9. The van der Waals surface area contributed by atoms with E-state index in [0.717, 1.165) is 99.6 Å². The van der Waals surface area contributed by atoms with E-state index in [1.807, 2.05) is 48.6 Å². The van der Waals surface area contributed by atoms with Crippen LogP contribution in [-0.4, -0.2) is 69.7 Å². The van der Waals surface area contributed by atoms with Crippen LogP contribution in [0.1, 0.15) is 161 Å². The van der Waals surface area contributed by atoms with E-state index in [1.165, 1.54) is 49.9 Å². The molecule has 0 radical (unpaired) electrons. The molecular formula is C59H80N4O6. The lowest BCUT2D eigenvalue weighted by molar-refractivity contribution is -0.113. The van der Waals surface area contributed by atoms with Crippen molar-refractivity contribution in [3.8, 4) is 23.0 Å². The number of allylic oxidation sites excluding steroid dienone is 2. The van der Waals surface area contributed by atoms with E-state index in [2.05, 4.69) is 27.7 Å². The van der Waals surface area contributed by atoms with Gasteiger partial charge in [0.05, 0.1) is 37.9 Å². The molecule has 69 heavy (non-hydrogen) atoms. The molecule has 14 atom stereocenters. The highest BCUT2D eigenvalue weighted by Gasteiger charge is 2.61. The maximum Gasteiger partial charge on any atom is 0.161 e. The number of aromatic hydroxyl groups is 2. The zero-order valence-corrected chi connectivity index (χ0v) is 42.4. The Morgan fingerprint density at radius 2 is 1.00 bits per heavy atom. The third-order valence-electron chi connectivity index (χ3n) is 21.1. The minimum Gasteiger partial charge on any atom is -0.504 e. The first-order valence-corrected chi connectivity index (χ1v) is 26.9. The van der Waals surface area contributed by atoms with E-state index in [0.29, 0.717) is 76.1 Å². The molecule has 10 nitrogen and oxygen atoms in total. The van der Waals surface area contributed by atoms with Gasteiger partial charge in [-0.25, -0.2) is 0 Å². The standard InChI is InChI=1S/C59H80N4O6/c1-56-27-23-42(64)33-38(56)11-15-44-46-17-21-54(58(46,3)29-25-48(44)56)62-60-40(13-7-36-9-19-50(66)52(31-36)68-5)35-41(14-8-37-10-20-51(67)53(32-37)69-6)61-63-55-22-18-47-45-16-12-39-34-43(65)24-28-57(39,2)49(45)26-30-59(47,55)4/h7-10,13-14,19-20,31-32,38-39,42-49,64-67H,11-12,15-18,21-30,33-35H2,1-6H3/b13-7+,14-8+,60-40+,61-41+,62-54-,63-55-/t38?,39?,42-,43-,44-,45-,46-,47-,48-,49-,56-,57-,58-,59-/m0/s1. The highest BCUT2D eigenvalue weighted by atomic mass is 16.5. The van der Waals surface area contributed by atoms with Crippen LogP contribution >= 0.6 is 0 Å². The maximum atomic E-state index is 10.6. The predicted octanol–water partition coefficient (Wildman–Crippen LogP) is 12.6. The molecule has 8 fully saturated rings. The number of aliphatic hydroxyl groups excluding tert-OH is 2. The van der Waals surface area contributed by atoms with Crippen molar-refractivity contribution < 1.29 is 29.9 Å². The van der Waals surface area contributed by atoms with Gasteiger partial charge in [0, 0.05) is 28.7 Å². The second kappa shape index (κ2) is 19.0. The van der Waals surface area contributed by atoms with E-state index >= 15 is 0 Å². The molecule has 8 saturated carbocycles. The third kappa shape index (κ3) is 8.84. The molecular weight excluding hydrogens is 861 g/mol. The van der Waals surface area contributed by atoms with Crippen LogP contribution in [0.4, 0.5) is 0 Å². The van der Waals surface area contributed by atoms with E-state index in [1.54, 1.807) is 26.4 Å². The maximum absolute atomic E-state index is 10.6. The molecule has 2 aromatic rings. The normalized spacial score (nSPS) is 41.1. The number of phenols is 2. The second-order valence-electron chi connectivity index (χ2n) is 24.1. The third-order valence-corrected chi connectivity index (χ3v) is 21.1. The Labute approximate surface area is 411 Å². The summed E-state index contributed by atoms with van der Waals surface area (Å²) in [6, 6.07) is 10.7. The Kier molecular flexibility index (Phi) is 13.3. The number of hydrogen-bond donors (Lipinski definition) is 4. The number of ether oxygens (including phenoxy) is 2. The van der Waals surface area contributed by atoms with Gasteiger partial charge in [-0.15, -0.1) is 0 Å². The van der Waals surface area contributed by atoms with Crippen molar-refractivity contribution >= 4 is 35.0 Å². The smallest absolute Gasteiger partial charge is 0.161 e. The van der Waals surface area contributed by atoms with Gasteiger partial charge in [-0.3, -0.25) is 0 Å². The lowest BCUT2D eigenvalue weighted by Crippen LogP contribution is -2.54. The molecule has 0 bridgehead atoms. The predicted molar refractivity (Wildman–Crippen MR) is 277 cm³/mol. The number of fused-ring (bicyclic) bond motifs is 10. The molecule has 2 unspecified atom stereocenters. The lowest BCUT2D eigenvalue weighted by Gasteiger charge is -2.60. The van der Waals surface area contributed by atoms with Crippen molar-refractivity contribution in [2.24, 2.45) is 89.4 Å². The summed E-state index contributed by atoms with van der Waals surface area (Å²) < 4.78 is 10.9. The molecule has 0 spiro atoms. The number of methoxy groups -OCH3 is 2. The van der Waals surface area contributed by atoms with Crippen molar-refractivity contribution in [2.75, 3.05) is 14.2 Å². The summed E-state index contributed by atoms with van der Waals surface area (Å²) >= 11 is 0. The quantitative estimate of drug-likeness (QED) is 0.138. The summed E-state index contributed by atoms with van der Waals surface area (Å²) in [6.07, 6.45) is 28.2. The Hall–Kier alpha value is -4.28. The van der Waals surface area contributed by atoms with Crippen LogP contribution in [0.25, 0.3) is 12.2 Å². The zero-order chi connectivity index (χ0) is 48.3. The van der Waals surface area contributed by atoms with Crippen LogP contribution in [0.3, 0.4) is 0 Å². The summed E-state index contributed by atoms with van der Waals surface area (Å²) in [5, 5.41) is 62.9. The van der Waals surface area contributed by atoms with Crippen molar-refractivity contribution in [3.05, 3.63) is 59.7 Å². The number of rotatable bonds is 10. The Bertz CT molecular complexity index is 2270. The van der Waals surface area contributed by atoms with Crippen LogP contribution in [0.15, 0.2) is 69.0 Å². The van der Waals surface area contributed by atoms with Crippen molar-refractivity contribution in [3.63, 3.8) is 0 Å². The van der Waals surface area contributed by atoms with Crippen LogP contribution in [0.5, 0.6) is 23.0 Å². The van der Waals surface area contributed by atoms with Gasteiger partial charge in [-0.2, -0.15) is 20.4 Å². The van der Waals surface area contributed by atoms with Gasteiger partial charge in [-0.05, 0) is 221 Å². The molecule has 372 valence electrons. The molecule has 8 aliphatic carbocycles. The average molecular weight is 941 g/mol. The molecule has 0 saturated heterocycles. The van der Waals surface area contributed by atoms with Crippen LogP contribution < -0.4 is 9.47 Å². The van der Waals surface area contributed by atoms with Gasteiger partial charge < -0.3 is 29.9 Å². The number of nitrogens with zero attached hydrogens (tertiary/aromatic N) is 4. The molecule has 0 aliphatic heterocycles. The Balaban J connectivity index is 0.974. The molecule has 0 amide bonds. The summed E-state index contributed by atoms with van der Waals surface area (Å²) in [5.41, 5.74) is 6.34. The molecule has 8 aliphatic rings. The highest BCUT2D eigenvalue weighted by Crippen LogP contribution is 2.67. The summed E-state index contributed by atoms with van der Waals surface area (Å²) in [7, 11) is 3.12. The monoisotopic (exact) mass is 941 g/mol. The zero-order valence-electron chi connectivity index (χ0n) is 42.4. The largest absolute Gasteiger partial charge is 0.504 e. The number of benzene rings is 2. The molecule has 2 aromatic carbocycles. The summed E-state index contributed by atoms with van der Waals surface area (Å²) in [6.45, 7) is 10.1. The van der Waals surface area contributed by atoms with Crippen molar-refractivity contribution in [2.45, 2.75) is 162 Å². The molecule has 10 heteroatoms. The minimum atomic E-state index is -0.133. The first kappa shape index (κ1) is 48.4. The number of hydrogen-bond acceptors (Lipinski definition) is 10. The first-order chi connectivity index (χ1) is 33.1. The highest BCUT2D eigenvalue weighted by molar-refractivity contribution is 6.15. The van der Waals surface area contributed by atoms with Gasteiger partial charge in [0.25, 0.3) is 0 Å². The Morgan fingerprint density at radius 1 is 0.565 bits per heavy atom.